The summed E-state index contributed by atoms with van der Waals surface area (Å²) < 4.78 is 0.843. The fourth-order valence-corrected chi connectivity index (χ4v) is 1.54. The summed E-state index contributed by atoms with van der Waals surface area (Å²) in [7, 11) is 0. The summed E-state index contributed by atoms with van der Waals surface area (Å²) >= 11 is 2.09. The summed E-state index contributed by atoms with van der Waals surface area (Å²) in [4.78, 5) is 4.23. The van der Waals surface area contributed by atoms with E-state index in [1.807, 2.05) is 0 Å². The molecule has 0 aliphatic carbocycles. The summed E-state index contributed by atoms with van der Waals surface area (Å²) in [5.41, 5.74) is 6.92. The van der Waals surface area contributed by atoms with E-state index in [0.29, 0.717) is 12.1 Å². The van der Waals surface area contributed by atoms with Crippen LogP contribution in [0.4, 0.5) is 0 Å². The molecule has 0 unspecified atom stereocenters. The van der Waals surface area contributed by atoms with Crippen LogP contribution in [0.5, 0.6) is 0 Å². The minimum Gasteiger partial charge on any atom is -0.330 e. The van der Waals surface area contributed by atoms with E-state index in [1.165, 1.54) is 0 Å². The fraction of sp³-hybridized carbons (Fsp3) is 0.250. The van der Waals surface area contributed by atoms with Crippen molar-refractivity contribution in [2.24, 2.45) is 5.73 Å². The Kier molecular flexibility index (Phi) is 3.44. The number of pyridine rings is 1. The van der Waals surface area contributed by atoms with Gasteiger partial charge < -0.3 is 5.73 Å². The molecule has 0 aliphatic rings. The van der Waals surface area contributed by atoms with Crippen molar-refractivity contribution in [2.75, 3.05) is 6.54 Å². The van der Waals surface area contributed by atoms with E-state index in [2.05, 4.69) is 33.6 Å². The van der Waals surface area contributed by atoms with E-state index in [1.54, 1.807) is 12.1 Å². The summed E-state index contributed by atoms with van der Waals surface area (Å²) in [5.74, 6) is 0. The van der Waals surface area contributed by atoms with Gasteiger partial charge in [0.2, 0.25) is 0 Å². The molecule has 0 fully saturated rings. The van der Waals surface area contributed by atoms with Crippen LogP contribution in [0.2, 0.25) is 0 Å². The molecule has 1 aromatic heterocycles. The first-order chi connectivity index (χ1) is 5.76. The van der Waals surface area contributed by atoms with Gasteiger partial charge in [0.15, 0.2) is 0 Å². The first-order valence-corrected chi connectivity index (χ1v) is 4.61. The maximum absolute atomic E-state index is 8.64. The molecule has 1 heterocycles. The number of hydrogen-bond acceptors (Lipinski definition) is 3. The van der Waals surface area contributed by atoms with Gasteiger partial charge in [0.1, 0.15) is 3.70 Å². The summed E-state index contributed by atoms with van der Waals surface area (Å²) in [6.45, 7) is 0.567. The van der Waals surface area contributed by atoms with Crippen molar-refractivity contribution in [3.63, 3.8) is 0 Å². The van der Waals surface area contributed by atoms with E-state index >= 15 is 0 Å². The summed E-state index contributed by atoms with van der Waals surface area (Å²) in [5, 5.41) is 8.64. The van der Waals surface area contributed by atoms with E-state index in [0.717, 1.165) is 15.8 Å². The third-order valence-electron chi connectivity index (χ3n) is 1.38. The zero-order valence-electron chi connectivity index (χ0n) is 6.42. The molecule has 0 radical (unpaired) electrons. The highest BCUT2D eigenvalue weighted by molar-refractivity contribution is 14.1. The molecule has 62 valence electrons. The maximum atomic E-state index is 8.64. The summed E-state index contributed by atoms with van der Waals surface area (Å²) in [6, 6.07) is 5.60. The van der Waals surface area contributed by atoms with Gasteiger partial charge in [-0.25, -0.2) is 4.98 Å². The number of nitrogens with zero attached hydrogens (tertiary/aromatic N) is 2. The van der Waals surface area contributed by atoms with Gasteiger partial charge in [0.05, 0.1) is 11.6 Å². The van der Waals surface area contributed by atoms with Gasteiger partial charge in [0, 0.05) is 12.1 Å². The standard InChI is InChI=1S/C8H8IN3/c9-8-4-6(5-11)3-7(12-8)1-2-10/h3-4H,1-2,10H2. The molecular formula is C8H8IN3. The van der Waals surface area contributed by atoms with Crippen LogP contribution in [0.15, 0.2) is 12.1 Å². The van der Waals surface area contributed by atoms with Gasteiger partial charge in [0.25, 0.3) is 0 Å². The van der Waals surface area contributed by atoms with Gasteiger partial charge in [-0.15, -0.1) is 0 Å². The van der Waals surface area contributed by atoms with Crippen molar-refractivity contribution < 1.29 is 0 Å². The Morgan fingerprint density at radius 1 is 1.58 bits per heavy atom. The molecule has 0 saturated carbocycles. The molecule has 0 spiro atoms. The van der Waals surface area contributed by atoms with Gasteiger partial charge in [-0.1, -0.05) is 0 Å². The lowest BCUT2D eigenvalue weighted by Crippen LogP contribution is -2.05. The number of aromatic nitrogens is 1. The Morgan fingerprint density at radius 2 is 2.33 bits per heavy atom. The smallest absolute Gasteiger partial charge is 0.102 e. The minimum atomic E-state index is 0.567. The van der Waals surface area contributed by atoms with Crippen LogP contribution in [-0.2, 0) is 6.42 Å². The van der Waals surface area contributed by atoms with Crippen molar-refractivity contribution >= 4 is 22.6 Å². The molecule has 0 bridgehead atoms. The quantitative estimate of drug-likeness (QED) is 0.647. The second-order valence-electron chi connectivity index (χ2n) is 2.32. The summed E-state index contributed by atoms with van der Waals surface area (Å²) in [6.07, 6.45) is 0.728. The molecule has 0 saturated heterocycles. The van der Waals surface area contributed by atoms with Crippen molar-refractivity contribution in [2.45, 2.75) is 6.42 Å². The lowest BCUT2D eigenvalue weighted by Gasteiger charge is -1.98. The Hall–Kier alpha value is -0.670. The Balaban J connectivity index is 3.00. The zero-order valence-corrected chi connectivity index (χ0v) is 8.58. The Labute approximate surface area is 84.7 Å². The van der Waals surface area contributed by atoms with Crippen molar-refractivity contribution in [3.05, 3.63) is 27.1 Å². The van der Waals surface area contributed by atoms with E-state index < -0.39 is 0 Å². The van der Waals surface area contributed by atoms with Gasteiger partial charge in [-0.3, -0.25) is 0 Å². The largest absolute Gasteiger partial charge is 0.330 e. The fourth-order valence-electron chi connectivity index (χ4n) is 0.892. The maximum Gasteiger partial charge on any atom is 0.102 e. The molecule has 0 atom stereocenters. The molecule has 0 aliphatic heterocycles. The van der Waals surface area contributed by atoms with Crippen LogP contribution in [0.25, 0.3) is 0 Å². The zero-order chi connectivity index (χ0) is 8.97. The van der Waals surface area contributed by atoms with Crippen molar-refractivity contribution in [1.82, 2.24) is 4.98 Å². The normalized spacial score (nSPS) is 9.42. The van der Waals surface area contributed by atoms with Gasteiger partial charge in [-0.2, -0.15) is 5.26 Å². The second-order valence-corrected chi connectivity index (χ2v) is 3.43. The van der Waals surface area contributed by atoms with E-state index in [-0.39, 0.29) is 0 Å². The third kappa shape index (κ3) is 2.43. The first-order valence-electron chi connectivity index (χ1n) is 3.53. The molecule has 3 nitrogen and oxygen atoms in total. The van der Waals surface area contributed by atoms with Gasteiger partial charge >= 0.3 is 0 Å². The molecule has 1 aromatic rings. The predicted octanol–water partition coefficient (Wildman–Crippen LogP) is 1.06. The highest BCUT2D eigenvalue weighted by Crippen LogP contribution is 2.07. The molecule has 4 heteroatoms. The number of rotatable bonds is 2. The lowest BCUT2D eigenvalue weighted by molar-refractivity contribution is 0.915. The Morgan fingerprint density at radius 3 is 2.92 bits per heavy atom. The molecule has 0 aromatic carbocycles. The SMILES string of the molecule is N#Cc1cc(I)nc(CCN)c1. The first kappa shape index (κ1) is 9.42. The average Bonchev–Trinajstić information content (AvgIpc) is 2.04. The molecule has 0 amide bonds. The van der Waals surface area contributed by atoms with Crippen LogP contribution < -0.4 is 5.73 Å². The number of nitriles is 1. The number of halogens is 1. The topological polar surface area (TPSA) is 62.7 Å². The van der Waals surface area contributed by atoms with Crippen LogP contribution in [0.3, 0.4) is 0 Å². The highest BCUT2D eigenvalue weighted by Gasteiger charge is 1.98. The average molecular weight is 273 g/mol. The molecule has 1 rings (SSSR count). The lowest BCUT2D eigenvalue weighted by atomic mass is 10.2. The minimum absolute atomic E-state index is 0.567. The third-order valence-corrected chi connectivity index (χ3v) is 1.93. The van der Waals surface area contributed by atoms with Crippen LogP contribution in [0.1, 0.15) is 11.3 Å². The van der Waals surface area contributed by atoms with Crippen LogP contribution >= 0.6 is 22.6 Å². The highest BCUT2D eigenvalue weighted by atomic mass is 127. The van der Waals surface area contributed by atoms with Gasteiger partial charge in [-0.05, 0) is 41.3 Å². The predicted molar refractivity (Wildman–Crippen MR) is 54.4 cm³/mol. The van der Waals surface area contributed by atoms with E-state index in [9.17, 15) is 0 Å². The second kappa shape index (κ2) is 4.38. The van der Waals surface area contributed by atoms with Crippen molar-refractivity contribution in [3.8, 4) is 6.07 Å². The molecule has 12 heavy (non-hydrogen) atoms. The number of hydrogen-bond donors (Lipinski definition) is 1. The molecule has 2 N–H and O–H groups in total. The van der Waals surface area contributed by atoms with Crippen molar-refractivity contribution in [1.29, 1.82) is 5.26 Å². The van der Waals surface area contributed by atoms with Crippen LogP contribution in [0, 0.1) is 15.0 Å². The monoisotopic (exact) mass is 273 g/mol. The molecular weight excluding hydrogens is 265 g/mol. The van der Waals surface area contributed by atoms with Crippen LogP contribution in [-0.4, -0.2) is 11.5 Å². The van der Waals surface area contributed by atoms with E-state index in [4.69, 9.17) is 11.0 Å². The number of nitrogens with two attached hydrogens (primary N) is 1. The Bertz CT molecular complexity index is 317.